The van der Waals surface area contributed by atoms with Crippen molar-refractivity contribution in [3.05, 3.63) is 11.6 Å². The van der Waals surface area contributed by atoms with E-state index in [1.165, 1.54) is 62.2 Å². The summed E-state index contributed by atoms with van der Waals surface area (Å²) >= 11 is 0. The molecule has 2 aliphatic rings. The van der Waals surface area contributed by atoms with Crippen LogP contribution in [0.15, 0.2) is 11.6 Å². The van der Waals surface area contributed by atoms with Crippen molar-refractivity contribution in [1.82, 2.24) is 0 Å². The fourth-order valence-electron chi connectivity index (χ4n) is 7.18. The third-order valence-electron chi connectivity index (χ3n) is 9.18. The average Bonchev–Trinajstić information content (AvgIpc) is 3.10. The van der Waals surface area contributed by atoms with E-state index in [9.17, 15) is 4.79 Å². The highest BCUT2D eigenvalue weighted by Gasteiger charge is 2.50. The highest BCUT2D eigenvalue weighted by atomic mass is 28.4. The molecule has 0 N–H and O–H groups in total. The molecule has 4 heteroatoms. The van der Waals surface area contributed by atoms with Crippen molar-refractivity contribution in [2.45, 2.75) is 130 Å². The molecule has 3 nitrogen and oxygen atoms in total. The Kier molecular flexibility index (Phi) is 10.1. The zero-order valence-corrected chi connectivity index (χ0v) is 23.5. The van der Waals surface area contributed by atoms with Crippen LogP contribution < -0.4 is 0 Å². The molecule has 0 heterocycles. The lowest BCUT2D eigenvalue weighted by atomic mass is 9.60. The maximum absolute atomic E-state index is 12.1. The van der Waals surface area contributed by atoms with Crippen molar-refractivity contribution in [1.29, 1.82) is 0 Å². The van der Waals surface area contributed by atoms with Crippen molar-refractivity contribution in [3.8, 4) is 0 Å². The number of hydrogen-bond donors (Lipinski definition) is 0. The van der Waals surface area contributed by atoms with Crippen LogP contribution in [-0.2, 0) is 14.0 Å². The van der Waals surface area contributed by atoms with Crippen LogP contribution in [0, 0.1) is 23.2 Å². The van der Waals surface area contributed by atoms with Crippen LogP contribution in [0.3, 0.4) is 0 Å². The minimum atomic E-state index is -1.56. The Bertz CT molecular complexity index is 628. The smallest absolute Gasteiger partial charge is 0.330 e. The Morgan fingerprint density at radius 3 is 2.44 bits per heavy atom. The molecular formula is C28H52O3Si. The van der Waals surface area contributed by atoms with Crippen molar-refractivity contribution in [2.24, 2.45) is 23.2 Å². The van der Waals surface area contributed by atoms with E-state index >= 15 is 0 Å². The molecule has 2 rings (SSSR count). The lowest BCUT2D eigenvalue weighted by Gasteiger charge is -2.44. The van der Waals surface area contributed by atoms with Crippen molar-refractivity contribution < 1.29 is 14.0 Å². The van der Waals surface area contributed by atoms with Crippen LogP contribution in [0.5, 0.6) is 0 Å². The lowest BCUT2D eigenvalue weighted by Crippen LogP contribution is -2.44. The summed E-state index contributed by atoms with van der Waals surface area (Å²) in [5, 5.41) is 0. The molecule has 186 valence electrons. The minimum absolute atomic E-state index is 0.00350. The molecule has 32 heavy (non-hydrogen) atoms. The predicted octanol–water partition coefficient (Wildman–Crippen LogP) is 8.30. The lowest BCUT2D eigenvalue weighted by molar-refractivity contribution is -0.137. The highest BCUT2D eigenvalue weighted by Crippen LogP contribution is 2.59. The predicted molar refractivity (Wildman–Crippen MR) is 138 cm³/mol. The third-order valence-corrected chi connectivity index (χ3v) is 14.0. The first-order valence-corrected chi connectivity index (χ1v) is 16.2. The topological polar surface area (TPSA) is 35.5 Å². The number of carbonyl (C=O) groups excluding carboxylic acids is 1. The van der Waals surface area contributed by atoms with E-state index in [0.29, 0.717) is 17.9 Å². The maximum Gasteiger partial charge on any atom is 0.330 e. The van der Waals surface area contributed by atoms with Gasteiger partial charge >= 0.3 is 5.97 Å². The van der Waals surface area contributed by atoms with Crippen molar-refractivity contribution >= 4 is 14.3 Å². The van der Waals surface area contributed by atoms with Gasteiger partial charge < -0.3 is 9.16 Å². The Hall–Kier alpha value is -0.613. The minimum Gasteiger partial charge on any atom is -0.463 e. The van der Waals surface area contributed by atoms with Gasteiger partial charge in [-0.2, -0.15) is 0 Å². The second-order valence-corrected chi connectivity index (χ2v) is 16.2. The van der Waals surface area contributed by atoms with E-state index in [2.05, 4.69) is 48.5 Å². The first-order valence-electron chi connectivity index (χ1n) is 13.6. The first kappa shape index (κ1) is 27.6. The van der Waals surface area contributed by atoms with E-state index in [4.69, 9.17) is 9.16 Å². The highest BCUT2D eigenvalue weighted by molar-refractivity contribution is 6.73. The van der Waals surface area contributed by atoms with E-state index in [1.807, 2.05) is 13.0 Å². The zero-order chi connectivity index (χ0) is 24.0. The monoisotopic (exact) mass is 464 g/mol. The van der Waals surface area contributed by atoms with Gasteiger partial charge in [0.1, 0.15) is 0 Å². The molecule has 0 bridgehead atoms. The first-order chi connectivity index (χ1) is 15.1. The van der Waals surface area contributed by atoms with Crippen LogP contribution in [0.25, 0.3) is 0 Å². The number of carbonyl (C=O) groups is 1. The molecule has 2 aliphatic carbocycles. The summed E-state index contributed by atoms with van der Waals surface area (Å²) in [4.78, 5) is 12.1. The molecule has 4 atom stereocenters. The molecule has 2 saturated carbocycles. The second-order valence-electron chi connectivity index (χ2n) is 11.5. The quantitative estimate of drug-likeness (QED) is 0.165. The SMILES string of the molecule is CCOC(=O)/C=C1\CCC[C@@]2(C)C1CCC2[C@H](C)CCCC(C)(C)O[Si](CC)(CC)CC. The van der Waals surface area contributed by atoms with Crippen LogP contribution in [0.4, 0.5) is 0 Å². The third kappa shape index (κ3) is 6.49. The molecule has 0 aliphatic heterocycles. The van der Waals surface area contributed by atoms with Crippen molar-refractivity contribution in [3.63, 3.8) is 0 Å². The molecule has 0 aromatic rings. The van der Waals surface area contributed by atoms with E-state index in [0.717, 1.165) is 24.7 Å². The molecule has 0 saturated heterocycles. The van der Waals surface area contributed by atoms with Gasteiger partial charge in [0.05, 0.1) is 12.2 Å². The molecule has 0 spiro atoms. The Morgan fingerprint density at radius 2 is 1.84 bits per heavy atom. The standard InChI is InChI=1S/C28H52O3Si/c1-9-30-26(29)21-23-16-14-20-28(8)24(17-18-25(23)28)22(5)15-13-19-27(6,7)31-32(10-2,11-3)12-4/h21-22,24-25H,9-20H2,1-8H3/b23-21+/t22-,24?,25?,28-/m1/s1. The van der Waals surface area contributed by atoms with Gasteiger partial charge in [-0.05, 0) is 101 Å². The summed E-state index contributed by atoms with van der Waals surface area (Å²) in [6.07, 6.45) is 11.7. The van der Waals surface area contributed by atoms with E-state index in [-0.39, 0.29) is 11.6 Å². The molecule has 2 fully saturated rings. The molecule has 0 amide bonds. The second kappa shape index (κ2) is 11.7. The maximum atomic E-state index is 12.1. The fraction of sp³-hybridized carbons (Fsp3) is 0.893. The van der Waals surface area contributed by atoms with Crippen molar-refractivity contribution in [2.75, 3.05) is 6.61 Å². The summed E-state index contributed by atoms with van der Waals surface area (Å²) < 4.78 is 12.1. The number of rotatable bonds is 12. The summed E-state index contributed by atoms with van der Waals surface area (Å²) in [7, 11) is -1.56. The van der Waals surface area contributed by atoms with Gasteiger partial charge in [-0.25, -0.2) is 4.79 Å². The summed E-state index contributed by atoms with van der Waals surface area (Å²) in [6.45, 7) is 19.0. The molecule has 2 unspecified atom stereocenters. The number of allylic oxidation sites excluding steroid dienone is 1. The van der Waals surface area contributed by atoms with Gasteiger partial charge in [0, 0.05) is 6.08 Å². The average molecular weight is 465 g/mol. The fourth-order valence-corrected chi connectivity index (χ4v) is 10.4. The van der Waals surface area contributed by atoms with Gasteiger partial charge in [-0.3, -0.25) is 0 Å². The Morgan fingerprint density at radius 1 is 1.19 bits per heavy atom. The van der Waals surface area contributed by atoms with Crippen LogP contribution in [0.1, 0.15) is 107 Å². The molecular weight excluding hydrogens is 412 g/mol. The van der Waals surface area contributed by atoms with Gasteiger partial charge in [0.25, 0.3) is 0 Å². The van der Waals surface area contributed by atoms with Crippen LogP contribution in [0.2, 0.25) is 18.1 Å². The zero-order valence-electron chi connectivity index (χ0n) is 22.5. The van der Waals surface area contributed by atoms with Gasteiger partial charge in [-0.1, -0.05) is 53.0 Å². The van der Waals surface area contributed by atoms with E-state index < -0.39 is 8.32 Å². The number of esters is 1. The summed E-state index contributed by atoms with van der Waals surface area (Å²) in [5.41, 5.74) is 1.70. The summed E-state index contributed by atoms with van der Waals surface area (Å²) in [5.74, 6) is 1.92. The molecule has 0 aromatic heterocycles. The molecule has 0 aromatic carbocycles. The van der Waals surface area contributed by atoms with Crippen LogP contribution >= 0.6 is 0 Å². The number of ether oxygens (including phenoxy) is 1. The van der Waals surface area contributed by atoms with Gasteiger partial charge in [0.15, 0.2) is 8.32 Å². The largest absolute Gasteiger partial charge is 0.463 e. The van der Waals surface area contributed by atoms with Gasteiger partial charge in [-0.15, -0.1) is 0 Å². The Balaban J connectivity index is 1.96. The number of hydrogen-bond acceptors (Lipinski definition) is 3. The van der Waals surface area contributed by atoms with Crippen LogP contribution in [-0.4, -0.2) is 26.5 Å². The molecule has 0 radical (unpaired) electrons. The van der Waals surface area contributed by atoms with E-state index in [1.54, 1.807) is 0 Å². The van der Waals surface area contributed by atoms with Gasteiger partial charge in [0.2, 0.25) is 0 Å². The Labute approximate surface area is 200 Å². The number of fused-ring (bicyclic) bond motifs is 1. The summed E-state index contributed by atoms with van der Waals surface area (Å²) in [6, 6.07) is 3.68. The normalized spacial score (nSPS) is 28.6.